The number of hydrogen-bond donors (Lipinski definition) is 2. The van der Waals surface area contributed by atoms with Crippen LogP contribution in [0.1, 0.15) is 44.4 Å². The van der Waals surface area contributed by atoms with Gasteiger partial charge in [0.15, 0.2) is 5.96 Å². The predicted octanol–water partition coefficient (Wildman–Crippen LogP) is 4.09. The largest absolute Gasteiger partial charge is 0.357 e. The molecule has 5 nitrogen and oxygen atoms in total. The van der Waals surface area contributed by atoms with E-state index in [1.54, 1.807) is 0 Å². The average Bonchev–Trinajstić information content (AvgIpc) is 3.00. The molecular weight excluding hydrogens is 437 g/mol. The number of aliphatic imine (C=N–C) groups is 1. The summed E-state index contributed by atoms with van der Waals surface area (Å²) >= 11 is 0. The second-order valence-corrected chi connectivity index (χ2v) is 6.16. The number of rotatable bonds is 9. The number of nitrogens with one attached hydrogen (secondary N) is 2. The second-order valence-electron chi connectivity index (χ2n) is 6.16. The van der Waals surface area contributed by atoms with E-state index in [9.17, 15) is 0 Å². The lowest BCUT2D eigenvalue weighted by Crippen LogP contribution is -2.37. The monoisotopic (exact) mass is 469 g/mol. The smallest absolute Gasteiger partial charge is 0.191 e. The van der Waals surface area contributed by atoms with Gasteiger partial charge in [-0.3, -0.25) is 4.99 Å². The molecule has 0 unspecified atom stereocenters. The Bertz CT molecular complexity index is 651. The molecule has 0 saturated carbocycles. The molecule has 26 heavy (non-hydrogen) atoms. The third-order valence-corrected chi connectivity index (χ3v) is 4.06. The number of guanidine groups is 1. The molecule has 1 heterocycles. The summed E-state index contributed by atoms with van der Waals surface area (Å²) in [6.45, 7) is 9.06. The van der Waals surface area contributed by atoms with Gasteiger partial charge in [0, 0.05) is 25.8 Å². The van der Waals surface area contributed by atoms with Crippen LogP contribution in [-0.2, 0) is 6.42 Å². The minimum atomic E-state index is 0. The number of benzene rings is 1. The van der Waals surface area contributed by atoms with Gasteiger partial charge in [-0.1, -0.05) is 31.5 Å². The number of nitrogens with zero attached hydrogens (tertiary/aromatic N) is 3. The molecule has 1 aromatic carbocycles. The SMILES string of the molecule is CCCCNC(=NCCCc1cn(-c2ccccc2)nc1C)NCC.I. The van der Waals surface area contributed by atoms with Gasteiger partial charge >= 0.3 is 0 Å². The third kappa shape index (κ3) is 7.35. The Morgan fingerprint density at radius 3 is 2.58 bits per heavy atom. The van der Waals surface area contributed by atoms with E-state index in [2.05, 4.69) is 59.8 Å². The van der Waals surface area contributed by atoms with Gasteiger partial charge in [0.1, 0.15) is 0 Å². The first-order valence-electron chi connectivity index (χ1n) is 9.37. The average molecular weight is 469 g/mol. The molecule has 0 spiro atoms. The van der Waals surface area contributed by atoms with E-state index in [-0.39, 0.29) is 24.0 Å². The summed E-state index contributed by atoms with van der Waals surface area (Å²) in [7, 11) is 0. The molecule has 0 bridgehead atoms. The van der Waals surface area contributed by atoms with Crippen molar-refractivity contribution in [2.75, 3.05) is 19.6 Å². The van der Waals surface area contributed by atoms with E-state index in [0.29, 0.717) is 0 Å². The van der Waals surface area contributed by atoms with Crippen LogP contribution < -0.4 is 10.6 Å². The van der Waals surface area contributed by atoms with Crippen LogP contribution in [0.4, 0.5) is 0 Å². The molecule has 0 radical (unpaired) electrons. The highest BCUT2D eigenvalue weighted by atomic mass is 127. The fourth-order valence-corrected chi connectivity index (χ4v) is 2.64. The second kappa shape index (κ2) is 12.7. The number of halogens is 1. The van der Waals surface area contributed by atoms with Gasteiger partial charge in [-0.15, -0.1) is 24.0 Å². The summed E-state index contributed by atoms with van der Waals surface area (Å²) in [5, 5.41) is 11.3. The van der Waals surface area contributed by atoms with Gasteiger partial charge in [-0.05, 0) is 50.8 Å². The lowest BCUT2D eigenvalue weighted by Gasteiger charge is -2.10. The van der Waals surface area contributed by atoms with Crippen LogP contribution in [0.3, 0.4) is 0 Å². The lowest BCUT2D eigenvalue weighted by atomic mass is 10.1. The zero-order valence-corrected chi connectivity index (χ0v) is 18.5. The number of para-hydroxylation sites is 1. The molecule has 144 valence electrons. The number of aromatic nitrogens is 2. The molecule has 0 aliphatic heterocycles. The fraction of sp³-hybridized carbons (Fsp3) is 0.500. The zero-order chi connectivity index (χ0) is 17.9. The maximum absolute atomic E-state index is 4.66. The first-order valence-corrected chi connectivity index (χ1v) is 9.37. The van der Waals surface area contributed by atoms with Crippen molar-refractivity contribution >= 4 is 29.9 Å². The Hall–Kier alpha value is -1.57. The van der Waals surface area contributed by atoms with Gasteiger partial charge in [-0.2, -0.15) is 5.10 Å². The minimum Gasteiger partial charge on any atom is -0.357 e. The fourth-order valence-electron chi connectivity index (χ4n) is 2.64. The molecule has 0 aliphatic rings. The van der Waals surface area contributed by atoms with E-state index >= 15 is 0 Å². The number of hydrogen-bond acceptors (Lipinski definition) is 2. The van der Waals surface area contributed by atoms with Crippen molar-refractivity contribution < 1.29 is 0 Å². The summed E-state index contributed by atoms with van der Waals surface area (Å²) < 4.78 is 1.96. The number of aryl methyl sites for hydroxylation is 2. The van der Waals surface area contributed by atoms with Crippen LogP contribution in [0, 0.1) is 6.92 Å². The van der Waals surface area contributed by atoms with Crippen molar-refractivity contribution in [1.29, 1.82) is 0 Å². The molecule has 0 amide bonds. The zero-order valence-electron chi connectivity index (χ0n) is 16.2. The molecule has 0 aliphatic carbocycles. The van der Waals surface area contributed by atoms with Crippen LogP contribution in [-0.4, -0.2) is 35.4 Å². The van der Waals surface area contributed by atoms with Crippen LogP contribution >= 0.6 is 24.0 Å². The molecule has 6 heteroatoms. The molecule has 0 atom stereocenters. The molecular formula is C20H32IN5. The van der Waals surface area contributed by atoms with Crippen molar-refractivity contribution in [2.45, 2.75) is 46.5 Å². The Morgan fingerprint density at radius 2 is 1.88 bits per heavy atom. The standard InChI is InChI=1S/C20H31N5.HI/c1-4-6-14-22-20(21-5-2)23-15-10-11-18-16-25(24-17(18)3)19-12-8-7-9-13-19;/h7-9,12-13,16H,4-6,10-11,14-15H2,1-3H3,(H2,21,22,23);1H. The summed E-state index contributed by atoms with van der Waals surface area (Å²) in [5.41, 5.74) is 3.49. The highest BCUT2D eigenvalue weighted by Gasteiger charge is 2.06. The lowest BCUT2D eigenvalue weighted by molar-refractivity contribution is 0.725. The Balaban J connectivity index is 0.00000338. The molecule has 1 aromatic heterocycles. The molecule has 2 aromatic rings. The molecule has 2 rings (SSSR count). The van der Waals surface area contributed by atoms with Gasteiger partial charge in [-0.25, -0.2) is 4.68 Å². The van der Waals surface area contributed by atoms with Gasteiger partial charge in [0.2, 0.25) is 0 Å². The van der Waals surface area contributed by atoms with Crippen LogP contribution in [0.2, 0.25) is 0 Å². The molecule has 2 N–H and O–H groups in total. The highest BCUT2D eigenvalue weighted by Crippen LogP contribution is 2.13. The first kappa shape index (κ1) is 22.5. The summed E-state index contributed by atoms with van der Waals surface area (Å²) in [4.78, 5) is 4.66. The van der Waals surface area contributed by atoms with Crippen molar-refractivity contribution in [3.63, 3.8) is 0 Å². The number of unbranched alkanes of at least 4 members (excludes halogenated alkanes) is 1. The van der Waals surface area contributed by atoms with Gasteiger partial charge in [0.25, 0.3) is 0 Å². The van der Waals surface area contributed by atoms with E-state index in [4.69, 9.17) is 0 Å². The van der Waals surface area contributed by atoms with Crippen LogP contribution in [0.5, 0.6) is 0 Å². The maximum Gasteiger partial charge on any atom is 0.191 e. The normalized spacial score (nSPS) is 11.1. The molecule has 0 saturated heterocycles. The predicted molar refractivity (Wildman–Crippen MR) is 121 cm³/mol. The van der Waals surface area contributed by atoms with Crippen LogP contribution in [0.15, 0.2) is 41.5 Å². The van der Waals surface area contributed by atoms with Crippen molar-refractivity contribution in [3.05, 3.63) is 47.8 Å². The quantitative estimate of drug-likeness (QED) is 0.252. The third-order valence-electron chi connectivity index (χ3n) is 4.06. The first-order chi connectivity index (χ1) is 12.2. The maximum atomic E-state index is 4.66. The van der Waals surface area contributed by atoms with E-state index < -0.39 is 0 Å². The van der Waals surface area contributed by atoms with E-state index in [0.717, 1.165) is 49.8 Å². The van der Waals surface area contributed by atoms with Crippen molar-refractivity contribution in [2.24, 2.45) is 4.99 Å². The van der Waals surface area contributed by atoms with Crippen molar-refractivity contribution in [1.82, 2.24) is 20.4 Å². The summed E-state index contributed by atoms with van der Waals surface area (Å²) in [5.74, 6) is 0.924. The summed E-state index contributed by atoms with van der Waals surface area (Å²) in [6.07, 6.45) is 6.51. The topological polar surface area (TPSA) is 54.2 Å². The van der Waals surface area contributed by atoms with Gasteiger partial charge in [0.05, 0.1) is 11.4 Å². The van der Waals surface area contributed by atoms with Crippen molar-refractivity contribution in [3.8, 4) is 5.69 Å². The Morgan fingerprint density at radius 1 is 1.12 bits per heavy atom. The van der Waals surface area contributed by atoms with Gasteiger partial charge < -0.3 is 10.6 Å². The molecule has 0 fully saturated rings. The van der Waals surface area contributed by atoms with E-state index in [1.807, 2.05) is 22.9 Å². The summed E-state index contributed by atoms with van der Waals surface area (Å²) in [6, 6.07) is 10.2. The highest BCUT2D eigenvalue weighted by molar-refractivity contribution is 14.0. The van der Waals surface area contributed by atoms with Crippen LogP contribution in [0.25, 0.3) is 5.69 Å². The minimum absolute atomic E-state index is 0. The Labute approximate surface area is 174 Å². The van der Waals surface area contributed by atoms with E-state index in [1.165, 1.54) is 18.4 Å². The Kier molecular flexibility index (Phi) is 11.0.